The van der Waals surface area contributed by atoms with E-state index in [4.69, 9.17) is 21.1 Å². The molecule has 0 atom stereocenters. The predicted octanol–water partition coefficient (Wildman–Crippen LogP) is 3.09. The average molecular weight is 424 g/mol. The summed E-state index contributed by atoms with van der Waals surface area (Å²) in [4.78, 5) is 12.0. The van der Waals surface area contributed by atoms with Crippen LogP contribution in [0.2, 0.25) is 5.02 Å². The second-order valence-corrected chi connectivity index (χ2v) is 8.26. The summed E-state index contributed by atoms with van der Waals surface area (Å²) in [6.45, 7) is 7.13. The van der Waals surface area contributed by atoms with Crippen molar-refractivity contribution >= 4 is 17.5 Å². The molecule has 5 nitrogen and oxygen atoms in total. The summed E-state index contributed by atoms with van der Waals surface area (Å²) in [5.74, 6) is 0.391. The lowest BCUT2D eigenvalue weighted by Gasteiger charge is -2.21. The van der Waals surface area contributed by atoms with Gasteiger partial charge in [-0.1, -0.05) is 23.7 Å². The van der Waals surface area contributed by atoms with Gasteiger partial charge in [0.15, 0.2) is 18.1 Å². The fraction of sp³-hybridized carbons (Fsp3) is 0.409. The van der Waals surface area contributed by atoms with Gasteiger partial charge in [0, 0.05) is 17.5 Å². The molecule has 0 bridgehead atoms. The van der Waals surface area contributed by atoms with Gasteiger partial charge in [-0.2, -0.15) is 0 Å². The lowest BCUT2D eigenvalue weighted by Crippen LogP contribution is -2.83. The molecule has 0 aliphatic heterocycles. The normalized spacial score (nSPS) is 11.2. The fourth-order valence-electron chi connectivity index (χ4n) is 2.81. The Hall–Kier alpha value is -2.31. The molecule has 0 aliphatic rings. The Morgan fingerprint density at radius 2 is 1.86 bits per heavy atom. The van der Waals surface area contributed by atoms with E-state index >= 15 is 0 Å². The number of carbonyl (C=O) groups is 1. The van der Waals surface area contributed by atoms with Crippen molar-refractivity contribution in [2.75, 3.05) is 20.3 Å². The molecule has 0 heterocycles. The SMILES string of the molecule is COc1cc(C[NH2+]CCc2ccc(F)cc2)cc(Cl)c1OCC(=O)NC(C)(C)C. The zero-order valence-electron chi connectivity index (χ0n) is 17.4. The number of halogens is 2. The molecule has 2 aromatic carbocycles. The van der Waals surface area contributed by atoms with Gasteiger partial charge >= 0.3 is 0 Å². The van der Waals surface area contributed by atoms with Crippen molar-refractivity contribution in [1.82, 2.24) is 5.32 Å². The van der Waals surface area contributed by atoms with Crippen LogP contribution in [0.25, 0.3) is 0 Å². The lowest BCUT2D eigenvalue weighted by molar-refractivity contribution is -0.670. The Morgan fingerprint density at radius 1 is 1.17 bits per heavy atom. The van der Waals surface area contributed by atoms with Crippen molar-refractivity contribution in [3.05, 3.63) is 58.4 Å². The Morgan fingerprint density at radius 3 is 2.48 bits per heavy atom. The number of methoxy groups -OCH3 is 1. The molecule has 3 N–H and O–H groups in total. The molecular weight excluding hydrogens is 395 g/mol. The quantitative estimate of drug-likeness (QED) is 0.609. The van der Waals surface area contributed by atoms with Crippen molar-refractivity contribution < 1.29 is 24.0 Å². The van der Waals surface area contributed by atoms with E-state index in [1.807, 2.05) is 32.9 Å². The largest absolute Gasteiger partial charge is 0.493 e. The fourth-order valence-corrected chi connectivity index (χ4v) is 3.10. The summed E-state index contributed by atoms with van der Waals surface area (Å²) < 4.78 is 23.9. The van der Waals surface area contributed by atoms with Gasteiger partial charge in [-0.3, -0.25) is 4.79 Å². The Kier molecular flexibility index (Phi) is 8.29. The standard InChI is InChI=1S/C22H28ClFN2O3/c1-22(2,3)26-20(27)14-29-21-18(23)11-16(12-19(21)28-4)13-25-10-9-15-5-7-17(24)8-6-15/h5-8,11-12,25H,9-10,13-14H2,1-4H3,(H,26,27)/p+1. The zero-order chi connectivity index (χ0) is 21.4. The number of benzene rings is 2. The molecule has 0 fully saturated rings. The average Bonchev–Trinajstić information content (AvgIpc) is 2.64. The minimum Gasteiger partial charge on any atom is -0.493 e. The number of carbonyl (C=O) groups excluding carboxylic acids is 1. The van der Waals surface area contributed by atoms with Gasteiger partial charge in [0.25, 0.3) is 5.91 Å². The first-order valence-corrected chi connectivity index (χ1v) is 9.92. The van der Waals surface area contributed by atoms with Gasteiger partial charge in [0.05, 0.1) is 18.7 Å². The van der Waals surface area contributed by atoms with E-state index in [0.29, 0.717) is 23.1 Å². The first-order chi connectivity index (χ1) is 13.7. The van der Waals surface area contributed by atoms with Crippen LogP contribution in [0.5, 0.6) is 11.5 Å². The number of amides is 1. The van der Waals surface area contributed by atoms with E-state index in [-0.39, 0.29) is 23.9 Å². The first-order valence-electron chi connectivity index (χ1n) is 9.54. The van der Waals surface area contributed by atoms with E-state index in [1.54, 1.807) is 12.1 Å². The summed E-state index contributed by atoms with van der Waals surface area (Å²) in [7, 11) is 1.54. The van der Waals surface area contributed by atoms with E-state index in [0.717, 1.165) is 24.1 Å². The third kappa shape index (κ3) is 7.91. The smallest absolute Gasteiger partial charge is 0.258 e. The highest BCUT2D eigenvalue weighted by atomic mass is 35.5. The number of hydrogen-bond acceptors (Lipinski definition) is 3. The van der Waals surface area contributed by atoms with Crippen LogP contribution in [0.1, 0.15) is 31.9 Å². The second kappa shape index (κ2) is 10.5. The van der Waals surface area contributed by atoms with Crippen LogP contribution in [0.4, 0.5) is 4.39 Å². The second-order valence-electron chi connectivity index (χ2n) is 7.85. The van der Waals surface area contributed by atoms with Gasteiger partial charge in [-0.25, -0.2) is 4.39 Å². The minimum atomic E-state index is -0.331. The van der Waals surface area contributed by atoms with Gasteiger partial charge in [-0.05, 0) is 50.6 Å². The van der Waals surface area contributed by atoms with Crippen molar-refractivity contribution in [3.63, 3.8) is 0 Å². The maximum absolute atomic E-state index is 12.9. The highest BCUT2D eigenvalue weighted by Gasteiger charge is 2.17. The maximum atomic E-state index is 12.9. The molecule has 0 radical (unpaired) electrons. The molecule has 0 unspecified atom stereocenters. The summed E-state index contributed by atoms with van der Waals surface area (Å²) in [5.41, 5.74) is 1.75. The van der Waals surface area contributed by atoms with Crippen LogP contribution in [-0.4, -0.2) is 31.7 Å². The van der Waals surface area contributed by atoms with Crippen molar-refractivity contribution in [2.24, 2.45) is 0 Å². The predicted molar refractivity (Wildman–Crippen MR) is 112 cm³/mol. The minimum absolute atomic E-state index is 0.142. The van der Waals surface area contributed by atoms with E-state index < -0.39 is 0 Å². The van der Waals surface area contributed by atoms with Crippen LogP contribution in [0.3, 0.4) is 0 Å². The van der Waals surface area contributed by atoms with Crippen LogP contribution < -0.4 is 20.1 Å². The lowest BCUT2D eigenvalue weighted by atomic mass is 10.1. The van der Waals surface area contributed by atoms with Crippen LogP contribution in [0, 0.1) is 5.82 Å². The summed E-state index contributed by atoms with van der Waals surface area (Å²) in [6.07, 6.45) is 0.842. The monoisotopic (exact) mass is 423 g/mol. The Balaban J connectivity index is 1.91. The molecule has 29 heavy (non-hydrogen) atoms. The van der Waals surface area contributed by atoms with Crippen molar-refractivity contribution in [3.8, 4) is 11.5 Å². The number of rotatable bonds is 9. The number of ether oxygens (including phenoxy) is 2. The Labute approximate surface area is 176 Å². The number of quaternary nitrogens is 1. The molecule has 158 valence electrons. The molecule has 2 aromatic rings. The topological polar surface area (TPSA) is 64.2 Å². The van der Waals surface area contributed by atoms with Crippen LogP contribution in [-0.2, 0) is 17.8 Å². The third-order valence-corrected chi connectivity index (χ3v) is 4.36. The molecule has 0 spiro atoms. The zero-order valence-corrected chi connectivity index (χ0v) is 18.1. The van der Waals surface area contributed by atoms with Gasteiger partial charge in [0.1, 0.15) is 12.4 Å². The molecule has 0 aromatic heterocycles. The first kappa shape index (κ1) is 23.0. The van der Waals surface area contributed by atoms with Crippen LogP contribution >= 0.6 is 11.6 Å². The summed E-state index contributed by atoms with van der Waals surface area (Å²) >= 11 is 6.37. The van der Waals surface area contributed by atoms with Crippen LogP contribution in [0.15, 0.2) is 36.4 Å². The molecular formula is C22H29ClFN2O3+. The number of nitrogens with two attached hydrogens (primary N) is 1. The molecule has 7 heteroatoms. The molecule has 0 saturated heterocycles. The van der Waals surface area contributed by atoms with E-state index in [1.165, 1.54) is 19.2 Å². The third-order valence-electron chi connectivity index (χ3n) is 4.08. The summed E-state index contributed by atoms with van der Waals surface area (Å²) in [5, 5.41) is 5.38. The van der Waals surface area contributed by atoms with Gasteiger partial charge in [0.2, 0.25) is 0 Å². The number of nitrogens with one attached hydrogen (secondary N) is 1. The van der Waals surface area contributed by atoms with E-state index in [9.17, 15) is 9.18 Å². The number of hydrogen-bond donors (Lipinski definition) is 2. The molecule has 2 rings (SSSR count). The molecule has 0 saturated carbocycles. The van der Waals surface area contributed by atoms with Crippen molar-refractivity contribution in [2.45, 2.75) is 39.3 Å². The Bertz CT molecular complexity index is 820. The highest BCUT2D eigenvalue weighted by molar-refractivity contribution is 6.32. The van der Waals surface area contributed by atoms with Gasteiger partial charge in [-0.15, -0.1) is 0 Å². The van der Waals surface area contributed by atoms with Gasteiger partial charge < -0.3 is 20.1 Å². The molecule has 1 amide bonds. The van der Waals surface area contributed by atoms with Crippen molar-refractivity contribution in [1.29, 1.82) is 0 Å². The maximum Gasteiger partial charge on any atom is 0.258 e. The molecule has 0 aliphatic carbocycles. The summed E-state index contributed by atoms with van der Waals surface area (Å²) in [6, 6.07) is 10.2. The van der Waals surface area contributed by atoms with E-state index in [2.05, 4.69) is 10.6 Å². The highest BCUT2D eigenvalue weighted by Crippen LogP contribution is 2.36.